The second-order valence-corrected chi connectivity index (χ2v) is 33.0. The van der Waals surface area contributed by atoms with Crippen LogP contribution >= 0.6 is 0 Å². The summed E-state index contributed by atoms with van der Waals surface area (Å²) in [4.78, 5) is 272. The zero-order valence-corrected chi connectivity index (χ0v) is 75.7. The van der Waals surface area contributed by atoms with Gasteiger partial charge in [0.2, 0.25) is 88.6 Å². The quantitative estimate of drug-likeness (QED) is 0.0145. The van der Waals surface area contributed by atoms with Crippen molar-refractivity contribution < 1.29 is 142 Å². The van der Waals surface area contributed by atoms with Gasteiger partial charge in [0.25, 0.3) is 11.8 Å². The molecule has 1 aliphatic rings. The van der Waals surface area contributed by atoms with Crippen molar-refractivity contribution in [3.05, 3.63) is 131 Å². The molecule has 0 aromatic heterocycles. The Morgan fingerprint density at radius 1 is 0.370 bits per heavy atom. The molecule has 46 nitrogen and oxygen atoms in total. The molecule has 0 spiro atoms. The monoisotopic (exact) mass is 1890 g/mol. The maximum Gasteiger partial charge on any atom is 0.305 e. The van der Waals surface area contributed by atoms with Gasteiger partial charge in [-0.2, -0.15) is 0 Å². The molecule has 16 atom stereocenters. The fraction of sp³-hybridized carbons (Fsp3) is 0.506. The number of amides is 17. The van der Waals surface area contributed by atoms with Crippen molar-refractivity contribution in [3.8, 4) is 11.5 Å². The first-order valence-corrected chi connectivity index (χ1v) is 43.8. The summed E-state index contributed by atoms with van der Waals surface area (Å²) < 4.78 is 0. The number of benzene rings is 4. The summed E-state index contributed by atoms with van der Waals surface area (Å²) in [5.74, 6) is -24.1. The standard InChI is InChI=1S/C89H123N17O29/c1-8-47(4)73(85(131)99-61(40-53-25-29-55(112)30-26-53)79(125)95-59(37-46(2)3)78(124)97-63(41-71(118)119)77(123)93-48(5)17-14-15-34-90)104-84(130)66(45-108)101-80(126)60(39-52-23-27-54(111)28-24-52)96-81(127)64(42-72(120)121)98-83(129)65(44-107)102-87(133)75(50(7)110)105-82(128)62(38-51-18-10-9-11-19-51)100-86(132)74(49(6)109)103-69(115)43-92-76(122)58(31-32-70(116)117)94-68(114)33-35-91-67(113)22-16-36-106-88(134)56-20-12-13-21-57(56)89(106)135/h9-13,18-21,23-30,46-50,58-66,73-75,107-112H,8,14-17,22,31-45,90H2,1-7H3,(H,91,113)(H,92,122)(H,93,123)(H,94,114)(H,95,125)(H,96,127)(H,97,124)(H,98,129)(H,99,131)(H,100,132)(H,101,126)(H,102,133)(H,103,115)(H,104,130)(H,105,128)(H,116,117)(H,118,119)(H,120,121)/t47-,48+,49+,50+,58-,59-,60-,61-,62-,63-,64-,65-,66-,73-,74-,75-/m0/s1. The predicted octanol–water partition coefficient (Wildman–Crippen LogP) is -5.07. The fourth-order valence-corrected chi connectivity index (χ4v) is 13.8. The average Bonchev–Trinajstić information content (AvgIpc) is 1.64. The summed E-state index contributed by atoms with van der Waals surface area (Å²) in [6.45, 7) is 6.79. The van der Waals surface area contributed by atoms with Gasteiger partial charge in [0, 0.05) is 57.7 Å². The highest BCUT2D eigenvalue weighted by Gasteiger charge is 2.41. The normalized spacial score (nSPS) is 15.1. The van der Waals surface area contributed by atoms with Crippen LogP contribution in [-0.2, 0) is 106 Å². The number of fused-ring (bicyclic) bond motifs is 1. The van der Waals surface area contributed by atoms with Crippen molar-refractivity contribution in [2.45, 2.75) is 236 Å². The van der Waals surface area contributed by atoms with Crippen molar-refractivity contribution in [2.75, 3.05) is 39.4 Å². The van der Waals surface area contributed by atoms with Crippen LogP contribution in [-0.4, -0.2) is 299 Å². The summed E-state index contributed by atoms with van der Waals surface area (Å²) in [6, 6.07) is 1.77. The number of aromatic hydroxyl groups is 2. The number of carbonyl (C=O) groups is 20. The Labute approximate surface area is 776 Å². The molecule has 0 bridgehead atoms. The first kappa shape index (κ1) is 111. The first-order valence-electron chi connectivity index (χ1n) is 43.8. The number of nitrogens with one attached hydrogen (secondary N) is 15. The number of unbranched alkanes of at least 4 members (excludes halogenated alkanes) is 1. The van der Waals surface area contributed by atoms with Crippen LogP contribution in [0.15, 0.2) is 103 Å². The van der Waals surface area contributed by atoms with E-state index in [1.54, 1.807) is 58.0 Å². The second-order valence-electron chi connectivity index (χ2n) is 33.0. The van der Waals surface area contributed by atoms with E-state index in [2.05, 4.69) is 79.8 Å². The molecule has 0 radical (unpaired) electrons. The number of rotatable bonds is 59. The number of carbonyl (C=O) groups excluding carboxylic acids is 17. The SMILES string of the molecule is CC[C@H](C)[C@H](NC(=O)[C@H](CO)NC(=O)[C@H](Cc1ccc(O)cc1)NC(=O)[C@H](CC(=O)O)NC(=O)[C@H](CO)NC(=O)[C@@H](NC(=O)[C@H](Cc1ccccc1)NC(=O)[C@@H](NC(=O)CNC(=O)[C@H](CCC(=O)O)NC(=O)CCNC(=O)CCCN1C(=O)c2ccccc2C1=O)[C@@H](C)O)[C@@H](C)O)C(=O)N[C@@H](Cc1ccc(O)cc1)C(=O)N[C@@H](CC(C)C)C(=O)N[C@@H](CC(=O)O)C(=O)N[C@H](C)CCCCN. The number of carboxylic acids is 3. The number of carboxylic acid groups (broad SMARTS) is 3. The molecule has 0 unspecified atom stereocenters. The van der Waals surface area contributed by atoms with Crippen LogP contribution in [0.4, 0.5) is 0 Å². The lowest BCUT2D eigenvalue weighted by atomic mass is 9.96. The van der Waals surface area contributed by atoms with Gasteiger partial charge in [0.05, 0.1) is 55.9 Å². The molecule has 46 heteroatoms. The Bertz CT molecular complexity index is 4760. The number of nitrogens with zero attached hydrogens (tertiary/aromatic N) is 1. The molecule has 17 amide bonds. The highest BCUT2D eigenvalue weighted by molar-refractivity contribution is 6.21. The van der Waals surface area contributed by atoms with E-state index in [1.165, 1.54) is 79.7 Å². The van der Waals surface area contributed by atoms with Gasteiger partial charge in [0.15, 0.2) is 0 Å². The summed E-state index contributed by atoms with van der Waals surface area (Å²) in [7, 11) is 0. The molecular weight excluding hydrogens is 1770 g/mol. The maximum atomic E-state index is 14.7. The zero-order chi connectivity index (χ0) is 100. The number of phenolic OH excluding ortho intramolecular Hbond substituents is 2. The van der Waals surface area contributed by atoms with Crippen molar-refractivity contribution in [2.24, 2.45) is 17.6 Å². The van der Waals surface area contributed by atoms with E-state index >= 15 is 0 Å². The number of nitrogens with two attached hydrogens (primary N) is 1. The Balaban J connectivity index is 1.28. The van der Waals surface area contributed by atoms with Gasteiger partial charge in [-0.15, -0.1) is 0 Å². The molecule has 4 aromatic carbocycles. The minimum atomic E-state index is -2.23. The Kier molecular flexibility index (Phi) is 46.2. The van der Waals surface area contributed by atoms with E-state index < -0.39 is 280 Å². The first-order chi connectivity index (χ1) is 63.9. The Morgan fingerprint density at radius 2 is 0.770 bits per heavy atom. The van der Waals surface area contributed by atoms with Crippen LogP contribution in [0.2, 0.25) is 0 Å². The number of imide groups is 1. The van der Waals surface area contributed by atoms with Crippen molar-refractivity contribution in [1.82, 2.24) is 84.7 Å². The summed E-state index contributed by atoms with van der Waals surface area (Å²) >= 11 is 0. The summed E-state index contributed by atoms with van der Waals surface area (Å²) in [5, 5.41) is 128. The molecule has 0 aliphatic carbocycles. The minimum absolute atomic E-state index is 0.0684. The van der Waals surface area contributed by atoms with Gasteiger partial charge in [-0.05, 0) is 124 Å². The number of hydrogen-bond donors (Lipinski definition) is 25. The van der Waals surface area contributed by atoms with Crippen LogP contribution in [0.1, 0.15) is 163 Å². The molecule has 0 saturated heterocycles. The van der Waals surface area contributed by atoms with E-state index in [4.69, 9.17) is 5.73 Å². The highest BCUT2D eigenvalue weighted by atomic mass is 16.4. The largest absolute Gasteiger partial charge is 0.508 e. The smallest absolute Gasteiger partial charge is 0.305 e. The predicted molar refractivity (Wildman–Crippen MR) is 477 cm³/mol. The third kappa shape index (κ3) is 37.8. The topological polar surface area (TPSA) is 733 Å². The molecule has 1 aliphatic heterocycles. The van der Waals surface area contributed by atoms with Crippen molar-refractivity contribution >= 4 is 118 Å². The molecule has 1 heterocycles. The number of phenols is 2. The zero-order valence-electron chi connectivity index (χ0n) is 75.7. The average molecular weight is 1900 g/mol. The van der Waals surface area contributed by atoms with Crippen LogP contribution in [0, 0.1) is 11.8 Å². The van der Waals surface area contributed by atoms with Crippen LogP contribution in [0.3, 0.4) is 0 Å². The van der Waals surface area contributed by atoms with Crippen LogP contribution in [0.5, 0.6) is 11.5 Å². The molecule has 26 N–H and O–H groups in total. The summed E-state index contributed by atoms with van der Waals surface area (Å²) in [6.07, 6.45) is -6.99. The highest BCUT2D eigenvalue weighted by Crippen LogP contribution is 2.24. The third-order valence-electron chi connectivity index (χ3n) is 21.4. The van der Waals surface area contributed by atoms with E-state index in [1.807, 2.05) is 0 Å². The maximum absolute atomic E-state index is 14.7. The second kappa shape index (κ2) is 56.0. The number of aliphatic hydroxyl groups excluding tert-OH is 4. The van der Waals surface area contributed by atoms with Crippen LogP contribution in [0.25, 0.3) is 0 Å². The molecule has 0 fully saturated rings. The van der Waals surface area contributed by atoms with E-state index in [0.717, 1.165) is 18.7 Å². The molecular formula is C89H123N17O29. The molecule has 738 valence electrons. The van der Waals surface area contributed by atoms with Gasteiger partial charge in [0.1, 0.15) is 84.0 Å². The molecule has 135 heavy (non-hydrogen) atoms. The van der Waals surface area contributed by atoms with Crippen molar-refractivity contribution in [1.29, 1.82) is 0 Å². The molecule has 4 aromatic rings. The third-order valence-corrected chi connectivity index (χ3v) is 21.4. The summed E-state index contributed by atoms with van der Waals surface area (Å²) in [5.41, 5.74) is 6.94. The number of aliphatic hydroxyl groups is 4. The van der Waals surface area contributed by atoms with Gasteiger partial charge in [-0.3, -0.25) is 101 Å². The minimum Gasteiger partial charge on any atom is -0.508 e. The van der Waals surface area contributed by atoms with E-state index in [0.29, 0.717) is 36.9 Å². The van der Waals surface area contributed by atoms with Gasteiger partial charge < -0.3 is 131 Å². The van der Waals surface area contributed by atoms with Gasteiger partial charge >= 0.3 is 17.9 Å². The lowest BCUT2D eigenvalue weighted by Crippen LogP contribution is -2.63. The number of hydrogen-bond acceptors (Lipinski definition) is 27. The Hall–Kier alpha value is -14.1. The number of aliphatic carboxylic acids is 3. The van der Waals surface area contributed by atoms with E-state index in [-0.39, 0.29) is 79.3 Å². The van der Waals surface area contributed by atoms with Gasteiger partial charge in [-0.25, -0.2) is 0 Å². The van der Waals surface area contributed by atoms with Crippen LogP contribution < -0.4 is 85.5 Å². The fourth-order valence-electron chi connectivity index (χ4n) is 13.8. The van der Waals surface area contributed by atoms with Gasteiger partial charge in [-0.1, -0.05) is 107 Å². The van der Waals surface area contributed by atoms with Crippen molar-refractivity contribution in [3.63, 3.8) is 0 Å². The molecule has 0 saturated carbocycles. The van der Waals surface area contributed by atoms with E-state index in [9.17, 15) is 142 Å². The lowest BCUT2D eigenvalue weighted by Gasteiger charge is -2.30. The lowest BCUT2D eigenvalue weighted by molar-refractivity contribution is -0.142. The Morgan fingerprint density at radius 3 is 1.24 bits per heavy atom. The molecule has 5 rings (SSSR count).